The van der Waals surface area contributed by atoms with Gasteiger partial charge < -0.3 is 14.1 Å². The SMILES string of the molecule is C=CCN(Cc1ccc(C#N)cc1)C(=O)CSc1nnc(-c2ccc(OC)cc2)o1. The zero-order chi connectivity index (χ0) is 21.3. The molecular formula is C22H20N4O3S. The summed E-state index contributed by atoms with van der Waals surface area (Å²) in [6.07, 6.45) is 1.68. The largest absolute Gasteiger partial charge is 0.497 e. The van der Waals surface area contributed by atoms with Gasteiger partial charge in [-0.1, -0.05) is 30.0 Å². The second-order valence-corrected chi connectivity index (χ2v) is 7.19. The lowest BCUT2D eigenvalue weighted by Gasteiger charge is -2.20. The number of methoxy groups -OCH3 is 1. The third-order valence-corrected chi connectivity index (χ3v) is 5.02. The van der Waals surface area contributed by atoms with Crippen LogP contribution in [-0.4, -0.2) is 40.4 Å². The average Bonchev–Trinajstić information content (AvgIpc) is 3.27. The lowest BCUT2D eigenvalue weighted by atomic mass is 10.1. The van der Waals surface area contributed by atoms with E-state index in [0.29, 0.717) is 29.8 Å². The smallest absolute Gasteiger partial charge is 0.277 e. The Balaban J connectivity index is 1.60. The maximum absolute atomic E-state index is 12.7. The molecule has 2 aromatic carbocycles. The molecule has 1 aromatic heterocycles. The van der Waals surface area contributed by atoms with Crippen LogP contribution in [0, 0.1) is 11.3 Å². The number of rotatable bonds is 9. The lowest BCUT2D eigenvalue weighted by Crippen LogP contribution is -2.32. The van der Waals surface area contributed by atoms with Gasteiger partial charge in [0.05, 0.1) is 24.5 Å². The van der Waals surface area contributed by atoms with Crippen LogP contribution in [-0.2, 0) is 11.3 Å². The van der Waals surface area contributed by atoms with Gasteiger partial charge >= 0.3 is 0 Å². The van der Waals surface area contributed by atoms with Crippen molar-refractivity contribution in [3.63, 3.8) is 0 Å². The highest BCUT2D eigenvalue weighted by molar-refractivity contribution is 7.99. The van der Waals surface area contributed by atoms with Crippen molar-refractivity contribution < 1.29 is 13.9 Å². The topological polar surface area (TPSA) is 92.2 Å². The Hall–Kier alpha value is -3.57. The van der Waals surface area contributed by atoms with Crippen LogP contribution in [0.3, 0.4) is 0 Å². The van der Waals surface area contributed by atoms with E-state index in [-0.39, 0.29) is 11.7 Å². The van der Waals surface area contributed by atoms with Crippen molar-refractivity contribution >= 4 is 17.7 Å². The van der Waals surface area contributed by atoms with E-state index >= 15 is 0 Å². The van der Waals surface area contributed by atoms with Crippen LogP contribution in [0.4, 0.5) is 0 Å². The molecule has 152 valence electrons. The molecule has 0 atom stereocenters. The lowest BCUT2D eigenvalue weighted by molar-refractivity contribution is -0.128. The second-order valence-electron chi connectivity index (χ2n) is 6.26. The molecule has 0 fully saturated rings. The quantitative estimate of drug-likeness (QED) is 0.383. The normalized spacial score (nSPS) is 10.3. The van der Waals surface area contributed by atoms with Gasteiger partial charge in [-0.25, -0.2) is 0 Å². The van der Waals surface area contributed by atoms with Gasteiger partial charge in [-0.05, 0) is 42.0 Å². The van der Waals surface area contributed by atoms with Gasteiger partial charge in [0.2, 0.25) is 11.8 Å². The van der Waals surface area contributed by atoms with Crippen molar-refractivity contribution in [2.24, 2.45) is 0 Å². The predicted octanol–water partition coefficient (Wildman–Crippen LogP) is 3.92. The molecule has 0 unspecified atom stereocenters. The first-order chi connectivity index (χ1) is 14.6. The monoisotopic (exact) mass is 420 g/mol. The fourth-order valence-corrected chi connectivity index (χ4v) is 3.31. The summed E-state index contributed by atoms with van der Waals surface area (Å²) in [6, 6.07) is 16.5. The van der Waals surface area contributed by atoms with Crippen molar-refractivity contribution in [1.29, 1.82) is 5.26 Å². The van der Waals surface area contributed by atoms with Crippen molar-refractivity contribution in [3.05, 3.63) is 72.3 Å². The summed E-state index contributed by atoms with van der Waals surface area (Å²) in [7, 11) is 1.60. The molecule has 0 bridgehead atoms. The Bertz CT molecular complexity index is 1040. The number of nitrogens with zero attached hydrogens (tertiary/aromatic N) is 4. The Morgan fingerprint density at radius 3 is 2.60 bits per heavy atom. The van der Waals surface area contributed by atoms with E-state index in [1.165, 1.54) is 11.8 Å². The summed E-state index contributed by atoms with van der Waals surface area (Å²) in [5.74, 6) is 1.21. The maximum atomic E-state index is 12.7. The van der Waals surface area contributed by atoms with Crippen LogP contribution in [0.5, 0.6) is 5.75 Å². The Morgan fingerprint density at radius 2 is 1.97 bits per heavy atom. The third-order valence-electron chi connectivity index (χ3n) is 4.22. The standard InChI is InChI=1S/C22H20N4O3S/c1-3-12-26(14-17-6-4-16(13-23)5-7-17)20(27)15-30-22-25-24-21(29-22)18-8-10-19(28-2)11-9-18/h3-11H,1,12,14-15H2,2H3. The molecule has 8 heteroatoms. The molecule has 3 rings (SSSR count). The number of nitriles is 1. The van der Waals surface area contributed by atoms with Crippen LogP contribution in [0.15, 0.2) is 70.8 Å². The van der Waals surface area contributed by atoms with E-state index in [2.05, 4.69) is 22.8 Å². The molecule has 0 aliphatic heterocycles. The maximum Gasteiger partial charge on any atom is 0.277 e. The van der Waals surface area contributed by atoms with Crippen molar-refractivity contribution in [3.8, 4) is 23.3 Å². The molecule has 1 amide bonds. The molecule has 0 saturated heterocycles. The minimum Gasteiger partial charge on any atom is -0.497 e. The molecule has 3 aromatic rings. The molecule has 0 aliphatic carbocycles. The molecule has 0 saturated carbocycles. The highest BCUT2D eigenvalue weighted by atomic mass is 32.2. The summed E-state index contributed by atoms with van der Waals surface area (Å²) in [5, 5.41) is 17.3. The highest BCUT2D eigenvalue weighted by Gasteiger charge is 2.16. The Kier molecular flexibility index (Phi) is 7.24. The number of aromatic nitrogens is 2. The van der Waals surface area contributed by atoms with Crippen molar-refractivity contribution in [2.75, 3.05) is 19.4 Å². The van der Waals surface area contributed by atoms with Gasteiger partial charge in [0, 0.05) is 18.7 Å². The fraction of sp³-hybridized carbons (Fsp3) is 0.182. The first-order valence-corrected chi connectivity index (χ1v) is 10.1. The Labute approximate surface area is 179 Å². The first kappa shape index (κ1) is 21.1. The van der Waals surface area contributed by atoms with Gasteiger partial charge in [0.25, 0.3) is 5.22 Å². The minimum absolute atomic E-state index is 0.0755. The number of amides is 1. The molecule has 0 spiro atoms. The van der Waals surface area contributed by atoms with Crippen LogP contribution >= 0.6 is 11.8 Å². The van der Waals surface area contributed by atoms with Crippen molar-refractivity contribution in [1.82, 2.24) is 15.1 Å². The van der Waals surface area contributed by atoms with E-state index in [4.69, 9.17) is 14.4 Å². The van der Waals surface area contributed by atoms with Crippen LogP contribution in [0.1, 0.15) is 11.1 Å². The third kappa shape index (κ3) is 5.49. The van der Waals surface area contributed by atoms with E-state index < -0.39 is 0 Å². The number of carbonyl (C=O) groups is 1. The summed E-state index contributed by atoms with van der Waals surface area (Å²) in [6.45, 7) is 4.57. The molecule has 1 heterocycles. The average molecular weight is 420 g/mol. The molecule has 0 N–H and O–H groups in total. The van der Waals surface area contributed by atoms with Crippen LogP contribution in [0.2, 0.25) is 0 Å². The number of ether oxygens (including phenoxy) is 1. The second kappa shape index (κ2) is 10.3. The van der Waals surface area contributed by atoms with Gasteiger partial charge in [-0.2, -0.15) is 5.26 Å². The van der Waals surface area contributed by atoms with Crippen molar-refractivity contribution in [2.45, 2.75) is 11.8 Å². The zero-order valence-electron chi connectivity index (χ0n) is 16.4. The van der Waals surface area contributed by atoms with Gasteiger partial charge in [-0.15, -0.1) is 16.8 Å². The van der Waals surface area contributed by atoms with Crippen LogP contribution in [0.25, 0.3) is 11.5 Å². The zero-order valence-corrected chi connectivity index (χ0v) is 17.3. The molecule has 0 radical (unpaired) electrons. The van der Waals surface area contributed by atoms with Gasteiger partial charge in [0.15, 0.2) is 0 Å². The molecule has 7 nitrogen and oxygen atoms in total. The number of hydrogen-bond donors (Lipinski definition) is 0. The number of hydrogen-bond acceptors (Lipinski definition) is 7. The molecule has 30 heavy (non-hydrogen) atoms. The van der Waals surface area contributed by atoms with Gasteiger partial charge in [0.1, 0.15) is 5.75 Å². The predicted molar refractivity (Wildman–Crippen MR) is 114 cm³/mol. The Morgan fingerprint density at radius 1 is 1.23 bits per heavy atom. The number of carbonyl (C=O) groups excluding carboxylic acids is 1. The summed E-state index contributed by atoms with van der Waals surface area (Å²) in [5.41, 5.74) is 2.30. The number of thioether (sulfide) groups is 1. The van der Waals surface area contributed by atoms with Gasteiger partial charge in [-0.3, -0.25) is 4.79 Å². The summed E-state index contributed by atoms with van der Waals surface area (Å²) < 4.78 is 10.8. The minimum atomic E-state index is -0.0755. The summed E-state index contributed by atoms with van der Waals surface area (Å²) >= 11 is 1.19. The molecule has 0 aliphatic rings. The van der Waals surface area contributed by atoms with E-state index in [9.17, 15) is 4.79 Å². The highest BCUT2D eigenvalue weighted by Crippen LogP contribution is 2.25. The van der Waals surface area contributed by atoms with E-state index in [1.54, 1.807) is 30.2 Å². The summed E-state index contributed by atoms with van der Waals surface area (Å²) in [4.78, 5) is 14.4. The van der Waals surface area contributed by atoms with E-state index in [0.717, 1.165) is 16.9 Å². The number of benzene rings is 2. The first-order valence-electron chi connectivity index (χ1n) is 9.11. The van der Waals surface area contributed by atoms with Crippen LogP contribution < -0.4 is 4.74 Å². The fourth-order valence-electron chi connectivity index (χ4n) is 2.65. The van der Waals surface area contributed by atoms with E-state index in [1.807, 2.05) is 36.4 Å². The molecular weight excluding hydrogens is 400 g/mol.